The molecule has 0 spiro atoms. The molecule has 0 fully saturated rings. The summed E-state index contributed by atoms with van der Waals surface area (Å²) >= 11 is 0. The number of rotatable bonds is 4. The van der Waals surface area contributed by atoms with E-state index in [9.17, 15) is 18.0 Å². The van der Waals surface area contributed by atoms with E-state index in [0.29, 0.717) is 5.56 Å². The van der Waals surface area contributed by atoms with Crippen molar-refractivity contribution in [1.82, 2.24) is 5.32 Å². The molecule has 0 saturated heterocycles. The van der Waals surface area contributed by atoms with E-state index in [1.165, 1.54) is 12.1 Å². The van der Waals surface area contributed by atoms with E-state index >= 15 is 0 Å². The maximum atomic E-state index is 12.5. The fourth-order valence-corrected chi connectivity index (χ4v) is 2.20. The van der Waals surface area contributed by atoms with Gasteiger partial charge < -0.3 is 5.32 Å². The molecule has 0 atom stereocenters. The third-order valence-electron chi connectivity index (χ3n) is 3.80. The van der Waals surface area contributed by atoms with Crippen molar-refractivity contribution in [3.05, 3.63) is 71.3 Å². The Morgan fingerprint density at radius 1 is 0.913 bits per heavy atom. The summed E-state index contributed by atoms with van der Waals surface area (Å²) in [5.41, 5.74) is 0.0880. The minimum Gasteiger partial charge on any atom is -0.351 e. The zero-order valence-electron chi connectivity index (χ0n) is 12.9. The smallest absolute Gasteiger partial charge is 0.351 e. The Morgan fingerprint density at radius 3 is 2.00 bits per heavy atom. The molecule has 0 aliphatic carbocycles. The molecule has 0 radical (unpaired) electrons. The summed E-state index contributed by atoms with van der Waals surface area (Å²) in [6.07, 6.45) is -4.35. The zero-order valence-corrected chi connectivity index (χ0v) is 12.9. The molecule has 23 heavy (non-hydrogen) atoms. The molecule has 0 unspecified atom stereocenters. The van der Waals surface area contributed by atoms with Gasteiger partial charge in [-0.2, -0.15) is 13.2 Å². The van der Waals surface area contributed by atoms with Crippen LogP contribution in [0.4, 0.5) is 13.2 Å². The van der Waals surface area contributed by atoms with Crippen molar-refractivity contribution in [1.29, 1.82) is 0 Å². The average molecular weight is 321 g/mol. The van der Waals surface area contributed by atoms with Crippen LogP contribution in [-0.2, 0) is 22.9 Å². The van der Waals surface area contributed by atoms with Gasteiger partial charge in [0.15, 0.2) is 0 Å². The first-order valence-electron chi connectivity index (χ1n) is 7.21. The van der Waals surface area contributed by atoms with Gasteiger partial charge in [0.05, 0.1) is 11.0 Å². The molecule has 1 N–H and O–H groups in total. The number of benzene rings is 2. The lowest BCUT2D eigenvalue weighted by atomic mass is 9.84. The SMILES string of the molecule is CC(C)(C(=O)NCc1ccc(C(F)(F)F)cc1)c1ccccc1. The van der Waals surface area contributed by atoms with Gasteiger partial charge in [0.25, 0.3) is 0 Å². The predicted molar refractivity (Wildman–Crippen MR) is 82.8 cm³/mol. The van der Waals surface area contributed by atoms with Crippen molar-refractivity contribution in [2.75, 3.05) is 0 Å². The van der Waals surface area contributed by atoms with Gasteiger partial charge in [-0.1, -0.05) is 42.5 Å². The first-order chi connectivity index (χ1) is 10.7. The summed E-state index contributed by atoms with van der Waals surface area (Å²) in [4.78, 5) is 12.4. The molecular formula is C18H18F3NO. The van der Waals surface area contributed by atoms with E-state index < -0.39 is 17.2 Å². The first-order valence-corrected chi connectivity index (χ1v) is 7.21. The van der Waals surface area contributed by atoms with Gasteiger partial charge in [-0.3, -0.25) is 4.79 Å². The van der Waals surface area contributed by atoms with Crippen LogP contribution in [0.3, 0.4) is 0 Å². The zero-order chi connectivity index (χ0) is 17.1. The van der Waals surface area contributed by atoms with Gasteiger partial charge in [0.1, 0.15) is 0 Å². The molecule has 2 aromatic rings. The largest absolute Gasteiger partial charge is 0.416 e. The Balaban J connectivity index is 2.02. The lowest BCUT2D eigenvalue weighted by Crippen LogP contribution is -2.39. The van der Waals surface area contributed by atoms with E-state index in [2.05, 4.69) is 5.32 Å². The summed E-state index contributed by atoms with van der Waals surface area (Å²) in [5, 5.41) is 2.78. The number of alkyl halides is 3. The molecule has 5 heteroatoms. The molecule has 0 aliphatic rings. The highest BCUT2D eigenvalue weighted by Gasteiger charge is 2.31. The third kappa shape index (κ3) is 4.12. The highest BCUT2D eigenvalue weighted by atomic mass is 19.4. The Bertz CT molecular complexity index is 661. The fraction of sp³-hybridized carbons (Fsp3) is 0.278. The Morgan fingerprint density at radius 2 is 1.48 bits per heavy atom. The van der Waals surface area contributed by atoms with E-state index in [1.807, 2.05) is 44.2 Å². The molecule has 1 amide bonds. The maximum absolute atomic E-state index is 12.5. The summed E-state index contributed by atoms with van der Waals surface area (Å²) < 4.78 is 37.5. The lowest BCUT2D eigenvalue weighted by Gasteiger charge is -2.24. The van der Waals surface area contributed by atoms with Gasteiger partial charge in [-0.25, -0.2) is 0 Å². The predicted octanol–water partition coefficient (Wildman–Crippen LogP) is 4.30. The second-order valence-electron chi connectivity index (χ2n) is 5.87. The maximum Gasteiger partial charge on any atom is 0.416 e. The Labute approximate surface area is 133 Å². The number of carbonyl (C=O) groups excluding carboxylic acids is 1. The number of carbonyl (C=O) groups is 1. The van der Waals surface area contributed by atoms with Crippen LogP contribution in [0.2, 0.25) is 0 Å². The van der Waals surface area contributed by atoms with Crippen LogP contribution in [0.25, 0.3) is 0 Å². The highest BCUT2D eigenvalue weighted by Crippen LogP contribution is 2.29. The molecule has 2 rings (SSSR count). The van der Waals surface area contributed by atoms with Crippen LogP contribution >= 0.6 is 0 Å². The number of nitrogens with one attached hydrogen (secondary N) is 1. The standard InChI is InChI=1S/C18H18F3NO/c1-17(2,14-6-4-3-5-7-14)16(23)22-12-13-8-10-15(11-9-13)18(19,20)21/h3-11H,12H2,1-2H3,(H,22,23). The lowest BCUT2D eigenvalue weighted by molar-refractivity contribution is -0.137. The van der Waals surface area contributed by atoms with Gasteiger partial charge in [-0.05, 0) is 37.1 Å². The Hall–Kier alpha value is -2.30. The molecule has 0 saturated carbocycles. The van der Waals surface area contributed by atoms with Gasteiger partial charge in [0, 0.05) is 6.54 Å². The van der Waals surface area contributed by atoms with Crippen molar-refractivity contribution in [2.24, 2.45) is 0 Å². The molecular weight excluding hydrogens is 303 g/mol. The van der Waals surface area contributed by atoms with Crippen LogP contribution in [0, 0.1) is 0 Å². The van der Waals surface area contributed by atoms with Crippen LogP contribution in [-0.4, -0.2) is 5.91 Å². The second kappa shape index (κ2) is 6.44. The molecule has 122 valence electrons. The third-order valence-corrected chi connectivity index (χ3v) is 3.80. The summed E-state index contributed by atoms with van der Waals surface area (Å²) in [7, 11) is 0. The second-order valence-corrected chi connectivity index (χ2v) is 5.87. The molecule has 0 aromatic heterocycles. The summed E-state index contributed by atoms with van der Waals surface area (Å²) in [5.74, 6) is -0.177. The van der Waals surface area contributed by atoms with Crippen molar-refractivity contribution >= 4 is 5.91 Å². The molecule has 0 heterocycles. The van der Waals surface area contributed by atoms with E-state index in [4.69, 9.17) is 0 Å². The minimum atomic E-state index is -4.35. The number of hydrogen-bond donors (Lipinski definition) is 1. The minimum absolute atomic E-state index is 0.177. The topological polar surface area (TPSA) is 29.1 Å². The molecule has 0 aliphatic heterocycles. The quantitative estimate of drug-likeness (QED) is 0.894. The van der Waals surface area contributed by atoms with Gasteiger partial charge >= 0.3 is 6.18 Å². The number of hydrogen-bond acceptors (Lipinski definition) is 1. The Kier molecular flexibility index (Phi) is 4.78. The number of halogens is 3. The fourth-order valence-electron chi connectivity index (χ4n) is 2.20. The van der Waals surface area contributed by atoms with Gasteiger partial charge in [0.2, 0.25) is 5.91 Å². The molecule has 2 nitrogen and oxygen atoms in total. The van der Waals surface area contributed by atoms with Crippen LogP contribution in [0.15, 0.2) is 54.6 Å². The van der Waals surface area contributed by atoms with Crippen LogP contribution in [0.5, 0.6) is 0 Å². The monoisotopic (exact) mass is 321 g/mol. The van der Waals surface area contributed by atoms with E-state index in [0.717, 1.165) is 17.7 Å². The van der Waals surface area contributed by atoms with E-state index in [1.54, 1.807) is 0 Å². The first kappa shape index (κ1) is 17.1. The normalized spacial score (nSPS) is 12.0. The molecule has 0 bridgehead atoms. The van der Waals surface area contributed by atoms with Crippen molar-refractivity contribution < 1.29 is 18.0 Å². The van der Waals surface area contributed by atoms with Crippen molar-refractivity contribution in [2.45, 2.75) is 32.0 Å². The molecule has 2 aromatic carbocycles. The average Bonchev–Trinajstić information content (AvgIpc) is 2.53. The summed E-state index contributed by atoms with van der Waals surface area (Å²) in [6, 6.07) is 14.1. The van der Waals surface area contributed by atoms with Crippen molar-refractivity contribution in [3.63, 3.8) is 0 Å². The van der Waals surface area contributed by atoms with E-state index in [-0.39, 0.29) is 12.5 Å². The highest BCUT2D eigenvalue weighted by molar-refractivity contribution is 5.87. The van der Waals surface area contributed by atoms with Gasteiger partial charge in [-0.15, -0.1) is 0 Å². The van der Waals surface area contributed by atoms with Crippen LogP contribution < -0.4 is 5.32 Å². The summed E-state index contributed by atoms with van der Waals surface area (Å²) in [6.45, 7) is 3.81. The number of amides is 1. The van der Waals surface area contributed by atoms with Crippen LogP contribution in [0.1, 0.15) is 30.5 Å². The van der Waals surface area contributed by atoms with Crippen molar-refractivity contribution in [3.8, 4) is 0 Å².